The smallest absolute Gasteiger partial charge is 0.338 e. The second-order valence-corrected chi connectivity index (χ2v) is 5.97. The van der Waals surface area contributed by atoms with E-state index < -0.39 is 12.1 Å². The zero-order chi connectivity index (χ0) is 18.4. The predicted octanol–water partition coefficient (Wildman–Crippen LogP) is 3.68. The zero-order valence-electron chi connectivity index (χ0n) is 14.9. The van der Waals surface area contributed by atoms with E-state index in [1.165, 1.54) is 4.90 Å². The first-order valence-corrected chi connectivity index (χ1v) is 8.19. The summed E-state index contributed by atoms with van der Waals surface area (Å²) in [4.78, 5) is 26.1. The van der Waals surface area contributed by atoms with Gasteiger partial charge in [0, 0.05) is 12.7 Å². The van der Waals surface area contributed by atoms with Crippen LogP contribution in [-0.4, -0.2) is 31.1 Å². The zero-order valence-corrected chi connectivity index (χ0v) is 14.9. The monoisotopic (exact) mass is 341 g/mol. The largest absolute Gasteiger partial charge is 0.491 e. The molecule has 0 aliphatic carbocycles. The van der Waals surface area contributed by atoms with Crippen molar-refractivity contribution in [2.24, 2.45) is 0 Å². The molecule has 132 valence electrons. The first-order chi connectivity index (χ1) is 11.9. The second kappa shape index (κ2) is 8.33. The molecule has 25 heavy (non-hydrogen) atoms. The Morgan fingerprint density at radius 2 is 1.52 bits per heavy atom. The molecule has 0 radical (unpaired) electrons. The van der Waals surface area contributed by atoms with Gasteiger partial charge in [-0.2, -0.15) is 0 Å². The van der Waals surface area contributed by atoms with Gasteiger partial charge in [0.05, 0.1) is 11.7 Å². The van der Waals surface area contributed by atoms with Crippen LogP contribution in [0, 0.1) is 0 Å². The number of carbonyl (C=O) groups is 2. The summed E-state index contributed by atoms with van der Waals surface area (Å²) < 4.78 is 10.8. The van der Waals surface area contributed by atoms with Crippen LogP contribution in [-0.2, 0) is 9.53 Å². The van der Waals surface area contributed by atoms with Crippen molar-refractivity contribution >= 4 is 17.6 Å². The van der Waals surface area contributed by atoms with Crippen molar-refractivity contribution < 1.29 is 19.1 Å². The fourth-order valence-electron chi connectivity index (χ4n) is 2.27. The maximum atomic E-state index is 12.4. The first-order valence-electron chi connectivity index (χ1n) is 8.19. The summed E-state index contributed by atoms with van der Waals surface area (Å²) in [5, 5.41) is 0. The van der Waals surface area contributed by atoms with Crippen molar-refractivity contribution in [1.29, 1.82) is 0 Å². The third-order valence-electron chi connectivity index (χ3n) is 3.57. The topological polar surface area (TPSA) is 55.8 Å². The summed E-state index contributed by atoms with van der Waals surface area (Å²) in [6, 6.07) is 15.9. The van der Waals surface area contributed by atoms with Crippen molar-refractivity contribution in [3.63, 3.8) is 0 Å². The van der Waals surface area contributed by atoms with E-state index in [1.807, 2.05) is 44.2 Å². The predicted molar refractivity (Wildman–Crippen MR) is 96.9 cm³/mol. The number of ether oxygens (including phenoxy) is 2. The SMILES string of the molecule is CC(C)Oc1ccc(C(=O)O[C@@H](C)C(=O)N(C)c2ccccc2)cc1. The quantitative estimate of drug-likeness (QED) is 0.752. The van der Waals surface area contributed by atoms with Gasteiger partial charge in [-0.05, 0) is 57.2 Å². The molecule has 0 aromatic heterocycles. The molecule has 5 heteroatoms. The lowest BCUT2D eigenvalue weighted by atomic mass is 10.2. The van der Waals surface area contributed by atoms with Gasteiger partial charge in [0.25, 0.3) is 5.91 Å². The van der Waals surface area contributed by atoms with Crippen molar-refractivity contribution in [2.45, 2.75) is 33.0 Å². The van der Waals surface area contributed by atoms with Crippen LogP contribution in [0.4, 0.5) is 5.69 Å². The molecule has 0 saturated carbocycles. The summed E-state index contributed by atoms with van der Waals surface area (Å²) in [6.07, 6.45) is -0.826. The van der Waals surface area contributed by atoms with E-state index in [1.54, 1.807) is 38.2 Å². The van der Waals surface area contributed by atoms with Gasteiger partial charge in [-0.15, -0.1) is 0 Å². The van der Waals surface area contributed by atoms with Gasteiger partial charge in [-0.1, -0.05) is 18.2 Å². The lowest BCUT2D eigenvalue weighted by Gasteiger charge is -2.21. The number of benzene rings is 2. The van der Waals surface area contributed by atoms with Crippen LogP contribution in [0.15, 0.2) is 54.6 Å². The Labute approximate surface area is 148 Å². The Balaban J connectivity index is 1.98. The van der Waals surface area contributed by atoms with E-state index in [9.17, 15) is 9.59 Å². The van der Waals surface area contributed by atoms with Crippen LogP contribution in [0.1, 0.15) is 31.1 Å². The number of carbonyl (C=O) groups excluding carboxylic acids is 2. The molecule has 0 fully saturated rings. The Morgan fingerprint density at radius 3 is 2.08 bits per heavy atom. The van der Waals surface area contributed by atoms with Crippen LogP contribution in [0.3, 0.4) is 0 Å². The highest BCUT2D eigenvalue weighted by atomic mass is 16.5. The van der Waals surface area contributed by atoms with E-state index in [-0.39, 0.29) is 12.0 Å². The molecule has 0 spiro atoms. The molecular formula is C20H23NO4. The van der Waals surface area contributed by atoms with Crippen molar-refractivity contribution in [1.82, 2.24) is 0 Å². The third-order valence-corrected chi connectivity index (χ3v) is 3.57. The fourth-order valence-corrected chi connectivity index (χ4v) is 2.27. The number of hydrogen-bond acceptors (Lipinski definition) is 4. The number of anilines is 1. The van der Waals surface area contributed by atoms with E-state index in [2.05, 4.69) is 0 Å². The van der Waals surface area contributed by atoms with E-state index in [0.717, 1.165) is 5.69 Å². The lowest BCUT2D eigenvalue weighted by molar-refractivity contribution is -0.126. The molecule has 0 bridgehead atoms. The summed E-state index contributed by atoms with van der Waals surface area (Å²) in [5.74, 6) is -0.155. The lowest BCUT2D eigenvalue weighted by Crippen LogP contribution is -2.37. The van der Waals surface area contributed by atoms with Crippen LogP contribution < -0.4 is 9.64 Å². The number of para-hydroxylation sites is 1. The van der Waals surface area contributed by atoms with Crippen molar-refractivity contribution in [2.75, 3.05) is 11.9 Å². The molecule has 0 unspecified atom stereocenters. The molecule has 2 rings (SSSR count). The second-order valence-electron chi connectivity index (χ2n) is 5.97. The molecule has 0 heterocycles. The Bertz CT molecular complexity index is 710. The number of nitrogens with zero attached hydrogens (tertiary/aromatic N) is 1. The Kier molecular flexibility index (Phi) is 6.17. The van der Waals surface area contributed by atoms with Crippen LogP contribution >= 0.6 is 0 Å². The summed E-state index contributed by atoms with van der Waals surface area (Å²) in [7, 11) is 1.65. The molecule has 1 atom stereocenters. The number of likely N-dealkylation sites (N-methyl/N-ethyl adjacent to an activating group) is 1. The molecule has 1 amide bonds. The molecule has 0 aliphatic rings. The van der Waals surface area contributed by atoms with Crippen molar-refractivity contribution in [3.8, 4) is 5.75 Å². The number of rotatable bonds is 6. The summed E-state index contributed by atoms with van der Waals surface area (Å²) in [5.41, 5.74) is 1.11. The maximum Gasteiger partial charge on any atom is 0.338 e. The van der Waals surface area contributed by atoms with E-state index in [4.69, 9.17) is 9.47 Å². The summed E-state index contributed by atoms with van der Waals surface area (Å²) >= 11 is 0. The van der Waals surface area contributed by atoms with Gasteiger partial charge in [0.1, 0.15) is 5.75 Å². The third kappa shape index (κ3) is 5.08. The molecule has 0 N–H and O–H groups in total. The average molecular weight is 341 g/mol. The van der Waals surface area contributed by atoms with Crippen LogP contribution in [0.5, 0.6) is 5.75 Å². The normalized spacial score (nSPS) is 11.7. The minimum Gasteiger partial charge on any atom is -0.491 e. The van der Waals surface area contributed by atoms with Gasteiger partial charge < -0.3 is 14.4 Å². The molecule has 2 aromatic carbocycles. The van der Waals surface area contributed by atoms with Gasteiger partial charge >= 0.3 is 5.97 Å². The van der Waals surface area contributed by atoms with Gasteiger partial charge in [-0.25, -0.2) is 4.79 Å². The van der Waals surface area contributed by atoms with Gasteiger partial charge in [0.15, 0.2) is 6.10 Å². The Hall–Kier alpha value is -2.82. The fraction of sp³-hybridized carbons (Fsp3) is 0.300. The van der Waals surface area contributed by atoms with E-state index in [0.29, 0.717) is 11.3 Å². The van der Waals surface area contributed by atoms with Gasteiger partial charge in [0.2, 0.25) is 0 Å². The average Bonchev–Trinajstić information content (AvgIpc) is 2.61. The highest BCUT2D eigenvalue weighted by Gasteiger charge is 2.23. The molecule has 5 nitrogen and oxygen atoms in total. The minimum absolute atomic E-state index is 0.0592. The number of hydrogen-bond donors (Lipinski definition) is 0. The maximum absolute atomic E-state index is 12.4. The molecule has 2 aromatic rings. The molecular weight excluding hydrogens is 318 g/mol. The van der Waals surface area contributed by atoms with E-state index >= 15 is 0 Å². The summed E-state index contributed by atoms with van der Waals surface area (Å²) in [6.45, 7) is 5.42. The Morgan fingerprint density at radius 1 is 0.920 bits per heavy atom. The highest BCUT2D eigenvalue weighted by molar-refractivity contribution is 5.98. The van der Waals surface area contributed by atoms with Crippen molar-refractivity contribution in [3.05, 3.63) is 60.2 Å². The highest BCUT2D eigenvalue weighted by Crippen LogP contribution is 2.16. The minimum atomic E-state index is -0.885. The molecule has 0 aliphatic heterocycles. The number of esters is 1. The number of amides is 1. The van der Waals surface area contributed by atoms with Crippen LogP contribution in [0.2, 0.25) is 0 Å². The first kappa shape index (κ1) is 18.5. The molecule has 0 saturated heterocycles. The van der Waals surface area contributed by atoms with Gasteiger partial charge in [-0.3, -0.25) is 4.79 Å². The van der Waals surface area contributed by atoms with Crippen LogP contribution in [0.25, 0.3) is 0 Å². The standard InChI is InChI=1S/C20H23NO4/c1-14(2)24-18-12-10-16(11-13-18)20(23)25-15(3)19(22)21(4)17-8-6-5-7-9-17/h5-15H,1-4H3/t15-/m0/s1.